The Morgan fingerprint density at radius 2 is 1.94 bits per heavy atom. The molecule has 1 aliphatic heterocycles. The minimum atomic E-state index is -0.617. The molecule has 172 valence electrons. The van der Waals surface area contributed by atoms with Crippen molar-refractivity contribution >= 4 is 29.1 Å². The third-order valence-corrected chi connectivity index (χ3v) is 6.56. The summed E-state index contributed by atoms with van der Waals surface area (Å²) in [6.07, 6.45) is 3.71. The van der Waals surface area contributed by atoms with Gasteiger partial charge in [0.25, 0.3) is 5.56 Å². The average molecular weight is 466 g/mol. The Morgan fingerprint density at radius 1 is 1.24 bits per heavy atom. The maximum atomic E-state index is 13.6. The molecule has 0 spiro atoms. The van der Waals surface area contributed by atoms with E-state index in [9.17, 15) is 9.59 Å². The maximum absolute atomic E-state index is 13.6. The van der Waals surface area contributed by atoms with E-state index in [1.54, 1.807) is 23.1 Å². The summed E-state index contributed by atoms with van der Waals surface area (Å²) in [7, 11) is 5.78. The number of benzene rings is 1. The van der Waals surface area contributed by atoms with Crippen molar-refractivity contribution < 1.29 is 9.53 Å². The lowest BCUT2D eigenvalue weighted by Crippen LogP contribution is -2.40. The topological polar surface area (TPSA) is 81.7 Å². The summed E-state index contributed by atoms with van der Waals surface area (Å²) in [5.74, 6) is -0.460. The van der Waals surface area contributed by atoms with Crippen molar-refractivity contribution in [2.75, 3.05) is 25.6 Å². The van der Waals surface area contributed by atoms with E-state index in [1.807, 2.05) is 69.5 Å². The summed E-state index contributed by atoms with van der Waals surface area (Å²) in [5, 5.41) is 4.36. The summed E-state index contributed by atoms with van der Waals surface area (Å²) in [6, 6.07) is 7.22. The Bertz CT molecular complexity index is 1420. The Hall–Kier alpha value is -3.46. The number of thiazole rings is 1. The SMILES string of the molecule is CCOC(=O)C1=C(C)N=c2sc(=Cc3cn(C)nc3C)c(=O)n2C1c1ccc(N(C)C)cc1. The van der Waals surface area contributed by atoms with Crippen LogP contribution in [-0.2, 0) is 16.6 Å². The van der Waals surface area contributed by atoms with Gasteiger partial charge >= 0.3 is 5.97 Å². The first-order chi connectivity index (χ1) is 15.7. The summed E-state index contributed by atoms with van der Waals surface area (Å²) >= 11 is 1.31. The lowest BCUT2D eigenvalue weighted by atomic mass is 9.95. The summed E-state index contributed by atoms with van der Waals surface area (Å²) < 4.78 is 9.21. The molecule has 0 saturated heterocycles. The Labute approximate surface area is 195 Å². The van der Waals surface area contributed by atoms with Crippen LogP contribution in [-0.4, -0.2) is 41.0 Å². The van der Waals surface area contributed by atoms with Gasteiger partial charge in [0.2, 0.25) is 0 Å². The van der Waals surface area contributed by atoms with E-state index in [-0.39, 0.29) is 12.2 Å². The van der Waals surface area contributed by atoms with E-state index in [0.717, 1.165) is 22.5 Å². The molecular formula is C24H27N5O3S. The number of nitrogens with zero attached hydrogens (tertiary/aromatic N) is 5. The minimum absolute atomic E-state index is 0.196. The standard InChI is InChI=1S/C24H27N5O3S/c1-7-32-23(31)20-15(3)25-24-29(21(20)16-8-10-18(11-9-16)27(4)5)22(30)19(33-24)12-17-13-28(6)26-14(17)2/h8-13,21H,7H2,1-6H3. The second-order valence-electron chi connectivity index (χ2n) is 8.13. The molecule has 33 heavy (non-hydrogen) atoms. The fourth-order valence-electron chi connectivity index (χ4n) is 3.96. The highest BCUT2D eigenvalue weighted by molar-refractivity contribution is 7.07. The normalized spacial score (nSPS) is 15.9. The monoisotopic (exact) mass is 465 g/mol. The number of hydrogen-bond donors (Lipinski definition) is 0. The molecule has 0 fully saturated rings. The van der Waals surface area contributed by atoms with E-state index >= 15 is 0 Å². The molecular weight excluding hydrogens is 438 g/mol. The zero-order chi connectivity index (χ0) is 23.9. The molecule has 1 unspecified atom stereocenters. The molecule has 1 aromatic carbocycles. The quantitative estimate of drug-likeness (QED) is 0.538. The van der Waals surface area contributed by atoms with Crippen LogP contribution in [0.25, 0.3) is 6.08 Å². The van der Waals surface area contributed by atoms with E-state index in [4.69, 9.17) is 4.74 Å². The number of allylic oxidation sites excluding steroid dienone is 1. The number of rotatable bonds is 5. The van der Waals surface area contributed by atoms with Gasteiger partial charge < -0.3 is 9.64 Å². The molecule has 0 amide bonds. The van der Waals surface area contributed by atoms with Gasteiger partial charge in [-0.2, -0.15) is 5.10 Å². The fraction of sp³-hybridized carbons (Fsp3) is 0.333. The van der Waals surface area contributed by atoms with Gasteiger partial charge in [-0.1, -0.05) is 23.5 Å². The fourth-order valence-corrected chi connectivity index (χ4v) is 5.00. The molecule has 1 aliphatic rings. The van der Waals surface area contributed by atoms with Crippen LogP contribution in [0.4, 0.5) is 5.69 Å². The lowest BCUT2D eigenvalue weighted by Gasteiger charge is -2.25. The third kappa shape index (κ3) is 4.16. The van der Waals surface area contributed by atoms with Crippen LogP contribution < -0.4 is 19.8 Å². The molecule has 3 heterocycles. The smallest absolute Gasteiger partial charge is 0.338 e. The largest absolute Gasteiger partial charge is 0.463 e. The first-order valence-electron chi connectivity index (χ1n) is 10.7. The van der Waals surface area contributed by atoms with Crippen LogP contribution in [0.2, 0.25) is 0 Å². The van der Waals surface area contributed by atoms with Gasteiger partial charge in [0.05, 0.1) is 34.1 Å². The zero-order valence-electron chi connectivity index (χ0n) is 19.6. The number of hydrogen-bond acceptors (Lipinski definition) is 7. The Morgan fingerprint density at radius 3 is 2.52 bits per heavy atom. The summed E-state index contributed by atoms with van der Waals surface area (Å²) in [5.41, 5.74) is 4.29. The van der Waals surface area contributed by atoms with Crippen LogP contribution in [0.1, 0.15) is 36.7 Å². The van der Waals surface area contributed by atoms with Crippen molar-refractivity contribution in [3.05, 3.63) is 78.2 Å². The molecule has 9 heteroatoms. The molecule has 4 rings (SSSR count). The van der Waals surface area contributed by atoms with Crippen molar-refractivity contribution in [3.8, 4) is 0 Å². The van der Waals surface area contributed by atoms with E-state index < -0.39 is 12.0 Å². The number of aromatic nitrogens is 3. The molecule has 0 radical (unpaired) electrons. The number of carbonyl (C=O) groups is 1. The molecule has 1 atom stereocenters. The van der Waals surface area contributed by atoms with Gasteiger partial charge in [-0.25, -0.2) is 9.79 Å². The van der Waals surface area contributed by atoms with Crippen molar-refractivity contribution in [2.24, 2.45) is 12.0 Å². The number of ether oxygens (including phenoxy) is 1. The molecule has 0 aliphatic carbocycles. The predicted octanol–water partition coefficient (Wildman–Crippen LogP) is 1.91. The number of carbonyl (C=O) groups excluding carboxylic acids is 1. The van der Waals surface area contributed by atoms with Crippen molar-refractivity contribution in [1.29, 1.82) is 0 Å². The molecule has 2 aromatic heterocycles. The van der Waals surface area contributed by atoms with E-state index in [2.05, 4.69) is 10.1 Å². The highest BCUT2D eigenvalue weighted by Crippen LogP contribution is 2.31. The lowest BCUT2D eigenvalue weighted by molar-refractivity contribution is -0.139. The van der Waals surface area contributed by atoms with Crippen LogP contribution in [0, 0.1) is 6.92 Å². The van der Waals surface area contributed by atoms with Crippen LogP contribution in [0.5, 0.6) is 0 Å². The molecule has 0 saturated carbocycles. The van der Waals surface area contributed by atoms with Gasteiger partial charge in [-0.05, 0) is 44.5 Å². The summed E-state index contributed by atoms with van der Waals surface area (Å²) in [4.78, 5) is 33.7. The van der Waals surface area contributed by atoms with Gasteiger partial charge in [-0.3, -0.25) is 14.0 Å². The second kappa shape index (κ2) is 8.82. The molecule has 0 N–H and O–H groups in total. The minimum Gasteiger partial charge on any atom is -0.463 e. The van der Waals surface area contributed by atoms with Gasteiger partial charge in [-0.15, -0.1) is 0 Å². The zero-order valence-corrected chi connectivity index (χ0v) is 20.4. The predicted molar refractivity (Wildman–Crippen MR) is 129 cm³/mol. The molecule has 3 aromatic rings. The van der Waals surface area contributed by atoms with Crippen molar-refractivity contribution in [3.63, 3.8) is 0 Å². The van der Waals surface area contributed by atoms with Crippen LogP contribution in [0.15, 0.2) is 51.5 Å². The summed E-state index contributed by atoms with van der Waals surface area (Å²) in [6.45, 7) is 5.70. The van der Waals surface area contributed by atoms with Gasteiger partial charge in [0.1, 0.15) is 0 Å². The number of aryl methyl sites for hydroxylation is 2. The molecule has 8 nitrogen and oxygen atoms in total. The number of esters is 1. The first kappa shape index (κ1) is 22.7. The highest BCUT2D eigenvalue weighted by atomic mass is 32.1. The maximum Gasteiger partial charge on any atom is 0.338 e. The van der Waals surface area contributed by atoms with Crippen LogP contribution >= 0.6 is 11.3 Å². The van der Waals surface area contributed by atoms with Crippen molar-refractivity contribution in [1.82, 2.24) is 14.3 Å². The van der Waals surface area contributed by atoms with Crippen molar-refractivity contribution in [2.45, 2.75) is 26.8 Å². The van der Waals surface area contributed by atoms with Gasteiger partial charge in [0.15, 0.2) is 4.80 Å². The van der Waals surface area contributed by atoms with E-state index in [0.29, 0.717) is 20.6 Å². The number of fused-ring (bicyclic) bond motifs is 1. The second-order valence-corrected chi connectivity index (χ2v) is 9.14. The van der Waals surface area contributed by atoms with E-state index in [1.165, 1.54) is 11.3 Å². The third-order valence-electron chi connectivity index (χ3n) is 5.58. The Balaban J connectivity index is 1.95. The molecule has 0 bridgehead atoms. The van der Waals surface area contributed by atoms with Crippen LogP contribution in [0.3, 0.4) is 0 Å². The average Bonchev–Trinajstić information content (AvgIpc) is 3.24. The highest BCUT2D eigenvalue weighted by Gasteiger charge is 2.33. The first-order valence-corrected chi connectivity index (χ1v) is 11.5. The number of anilines is 1. The van der Waals surface area contributed by atoms with Gasteiger partial charge in [0, 0.05) is 38.6 Å². The Kier molecular flexibility index (Phi) is 6.07.